The Balaban J connectivity index is 1.17. The molecule has 3 heterocycles. The van der Waals surface area contributed by atoms with Crippen LogP contribution in [0, 0.1) is 5.92 Å². The molecule has 0 saturated heterocycles. The first-order chi connectivity index (χ1) is 17.0. The van der Waals surface area contributed by atoms with Gasteiger partial charge in [-0.05, 0) is 55.9 Å². The number of ether oxygens (including phenoxy) is 2. The molecule has 1 unspecified atom stereocenters. The third-order valence-corrected chi connectivity index (χ3v) is 7.14. The molecular formula is C26H31N5O4. The highest BCUT2D eigenvalue weighted by atomic mass is 16.5. The average molecular weight is 478 g/mol. The van der Waals surface area contributed by atoms with Gasteiger partial charge >= 0.3 is 0 Å². The summed E-state index contributed by atoms with van der Waals surface area (Å²) in [7, 11) is 1.61. The standard InChI is InChI=1S/C26H31N5O4/c1-34-20-7-8-22-24(11-20)31(26(33)13-29-22)14-21(27)16-2-4-17(5-3-16)28-12-18-6-9-25-23(30-18)10-19(32)15-35-25/h6-9,11,13,16-17,21,28H,2-5,10,12,14-15,27H2,1H3. The average Bonchev–Trinajstić information content (AvgIpc) is 2.88. The molecule has 9 heteroatoms. The molecule has 1 aliphatic carbocycles. The van der Waals surface area contributed by atoms with Crippen molar-refractivity contribution in [2.24, 2.45) is 11.7 Å². The summed E-state index contributed by atoms with van der Waals surface area (Å²) < 4.78 is 12.5. The van der Waals surface area contributed by atoms with Gasteiger partial charge in [-0.1, -0.05) is 0 Å². The van der Waals surface area contributed by atoms with Gasteiger partial charge in [0, 0.05) is 31.2 Å². The zero-order valence-electron chi connectivity index (χ0n) is 19.9. The van der Waals surface area contributed by atoms with Crippen LogP contribution in [0.5, 0.6) is 11.5 Å². The zero-order chi connectivity index (χ0) is 24.4. The minimum Gasteiger partial charge on any atom is -0.497 e. The Hall–Kier alpha value is -3.30. The zero-order valence-corrected chi connectivity index (χ0v) is 19.9. The third-order valence-electron chi connectivity index (χ3n) is 7.14. The van der Waals surface area contributed by atoms with Crippen molar-refractivity contribution in [3.63, 3.8) is 0 Å². The third kappa shape index (κ3) is 5.21. The maximum absolute atomic E-state index is 12.6. The van der Waals surface area contributed by atoms with Crippen molar-refractivity contribution in [2.75, 3.05) is 13.7 Å². The number of nitrogens with one attached hydrogen (secondary N) is 1. The molecule has 1 aromatic carbocycles. The van der Waals surface area contributed by atoms with Crippen LogP contribution in [0.2, 0.25) is 0 Å². The lowest BCUT2D eigenvalue weighted by Crippen LogP contribution is -2.42. The minimum atomic E-state index is -0.152. The van der Waals surface area contributed by atoms with E-state index >= 15 is 0 Å². The van der Waals surface area contributed by atoms with E-state index < -0.39 is 0 Å². The van der Waals surface area contributed by atoms with Gasteiger partial charge in [0.15, 0.2) is 5.78 Å². The van der Waals surface area contributed by atoms with Crippen LogP contribution in [0.15, 0.2) is 41.3 Å². The van der Waals surface area contributed by atoms with Crippen LogP contribution in [-0.2, 0) is 24.3 Å². The predicted molar refractivity (Wildman–Crippen MR) is 132 cm³/mol. The Morgan fingerprint density at radius 1 is 1.20 bits per heavy atom. The monoisotopic (exact) mass is 477 g/mol. The summed E-state index contributed by atoms with van der Waals surface area (Å²) in [5, 5.41) is 3.60. The van der Waals surface area contributed by atoms with Crippen LogP contribution >= 0.6 is 0 Å². The number of rotatable bonds is 7. The highest BCUT2D eigenvalue weighted by Gasteiger charge is 2.26. The van der Waals surface area contributed by atoms with Gasteiger partial charge in [0.25, 0.3) is 5.56 Å². The van der Waals surface area contributed by atoms with E-state index in [9.17, 15) is 9.59 Å². The Labute approximate surface area is 203 Å². The van der Waals surface area contributed by atoms with Crippen LogP contribution in [-0.4, -0.2) is 46.1 Å². The molecule has 5 rings (SSSR count). The fraction of sp³-hybridized carbons (Fsp3) is 0.462. The van der Waals surface area contributed by atoms with E-state index in [1.54, 1.807) is 11.7 Å². The second kappa shape index (κ2) is 10.1. The lowest BCUT2D eigenvalue weighted by atomic mass is 9.81. The van der Waals surface area contributed by atoms with Gasteiger partial charge in [-0.15, -0.1) is 0 Å². The van der Waals surface area contributed by atoms with Gasteiger partial charge in [0.05, 0.1) is 42.1 Å². The first kappa shape index (κ1) is 23.4. The largest absolute Gasteiger partial charge is 0.497 e. The molecule has 1 atom stereocenters. The Morgan fingerprint density at radius 3 is 2.83 bits per heavy atom. The molecule has 0 spiro atoms. The van der Waals surface area contributed by atoms with Crippen LogP contribution < -0.4 is 26.1 Å². The number of carbonyl (C=O) groups is 1. The maximum Gasteiger partial charge on any atom is 0.269 e. The number of aromatic nitrogens is 3. The number of nitrogens with zero attached hydrogens (tertiary/aromatic N) is 3. The number of nitrogens with two attached hydrogens (primary N) is 1. The number of carbonyl (C=O) groups excluding carboxylic acids is 1. The molecule has 2 aromatic heterocycles. The number of hydrogen-bond donors (Lipinski definition) is 2. The lowest BCUT2D eigenvalue weighted by Gasteiger charge is -2.33. The summed E-state index contributed by atoms with van der Waals surface area (Å²) in [5.41, 5.74) is 9.60. The SMILES string of the molecule is COc1ccc2ncc(=O)n(CC(N)C3CCC(NCc4ccc5c(n4)CC(=O)CO5)CC3)c2c1. The number of hydrogen-bond acceptors (Lipinski definition) is 8. The maximum atomic E-state index is 12.6. The molecule has 1 saturated carbocycles. The van der Waals surface area contributed by atoms with Gasteiger partial charge < -0.3 is 25.1 Å². The number of benzene rings is 1. The number of Topliss-reactive ketones (excluding diaryl/α,β-unsaturated/α-hetero) is 1. The lowest BCUT2D eigenvalue weighted by molar-refractivity contribution is -0.121. The van der Waals surface area contributed by atoms with Crippen LogP contribution in [0.4, 0.5) is 0 Å². The van der Waals surface area contributed by atoms with Crippen LogP contribution in [0.25, 0.3) is 11.0 Å². The Kier molecular flexibility index (Phi) is 6.79. The highest BCUT2D eigenvalue weighted by Crippen LogP contribution is 2.28. The van der Waals surface area contributed by atoms with Crippen molar-refractivity contribution < 1.29 is 14.3 Å². The molecule has 1 aliphatic heterocycles. The molecule has 1 fully saturated rings. The van der Waals surface area contributed by atoms with Crippen molar-refractivity contribution in [2.45, 2.75) is 57.3 Å². The Bertz CT molecular complexity index is 1280. The molecule has 3 aromatic rings. The van der Waals surface area contributed by atoms with E-state index in [2.05, 4.69) is 15.3 Å². The van der Waals surface area contributed by atoms with Crippen molar-refractivity contribution in [3.05, 3.63) is 58.3 Å². The molecule has 9 nitrogen and oxygen atoms in total. The number of methoxy groups -OCH3 is 1. The summed E-state index contributed by atoms with van der Waals surface area (Å²) in [6.07, 6.45) is 5.74. The van der Waals surface area contributed by atoms with Crippen molar-refractivity contribution in [1.82, 2.24) is 19.9 Å². The van der Waals surface area contributed by atoms with Gasteiger partial charge in [-0.3, -0.25) is 14.6 Å². The molecule has 0 radical (unpaired) electrons. The quantitative estimate of drug-likeness (QED) is 0.530. The topological polar surface area (TPSA) is 121 Å². The summed E-state index contributed by atoms with van der Waals surface area (Å²) in [6, 6.07) is 9.67. The smallest absolute Gasteiger partial charge is 0.269 e. The molecule has 0 amide bonds. The minimum absolute atomic E-state index is 0.0611. The van der Waals surface area contributed by atoms with Gasteiger partial charge in [0.1, 0.15) is 18.1 Å². The fourth-order valence-electron chi connectivity index (χ4n) is 5.10. The predicted octanol–water partition coefficient (Wildman–Crippen LogP) is 1.98. The van der Waals surface area contributed by atoms with E-state index in [4.69, 9.17) is 15.2 Å². The molecule has 3 N–H and O–H groups in total. The van der Waals surface area contributed by atoms with E-state index in [0.717, 1.165) is 48.1 Å². The van der Waals surface area contributed by atoms with Gasteiger partial charge in [-0.2, -0.15) is 0 Å². The Morgan fingerprint density at radius 2 is 2.03 bits per heavy atom. The molecular weight excluding hydrogens is 446 g/mol. The number of ketones is 1. The first-order valence-electron chi connectivity index (χ1n) is 12.2. The summed E-state index contributed by atoms with van der Waals surface area (Å²) in [4.78, 5) is 33.1. The number of fused-ring (bicyclic) bond motifs is 2. The molecule has 2 aliphatic rings. The van der Waals surface area contributed by atoms with E-state index in [-0.39, 0.29) is 24.0 Å². The van der Waals surface area contributed by atoms with E-state index in [1.807, 2.05) is 30.3 Å². The number of pyridine rings is 1. The summed E-state index contributed by atoms with van der Waals surface area (Å²) in [5.74, 6) is 1.80. The highest BCUT2D eigenvalue weighted by molar-refractivity contribution is 5.84. The summed E-state index contributed by atoms with van der Waals surface area (Å²) >= 11 is 0. The second-order valence-corrected chi connectivity index (χ2v) is 9.47. The normalized spacial score (nSPS) is 20.8. The summed E-state index contributed by atoms with van der Waals surface area (Å²) in [6.45, 7) is 1.24. The van der Waals surface area contributed by atoms with Crippen molar-refractivity contribution in [1.29, 1.82) is 0 Å². The molecule has 35 heavy (non-hydrogen) atoms. The molecule has 184 valence electrons. The van der Waals surface area contributed by atoms with E-state index in [0.29, 0.717) is 43.0 Å². The van der Waals surface area contributed by atoms with Gasteiger partial charge in [-0.25, -0.2) is 4.98 Å². The van der Waals surface area contributed by atoms with Crippen molar-refractivity contribution in [3.8, 4) is 11.5 Å². The molecule has 0 bridgehead atoms. The van der Waals surface area contributed by atoms with E-state index in [1.165, 1.54) is 6.20 Å². The van der Waals surface area contributed by atoms with Crippen LogP contribution in [0.3, 0.4) is 0 Å². The van der Waals surface area contributed by atoms with Gasteiger partial charge in [0.2, 0.25) is 0 Å². The fourth-order valence-corrected chi connectivity index (χ4v) is 5.10. The first-order valence-corrected chi connectivity index (χ1v) is 12.2. The second-order valence-electron chi connectivity index (χ2n) is 9.47. The van der Waals surface area contributed by atoms with Crippen LogP contribution in [0.1, 0.15) is 37.1 Å². The van der Waals surface area contributed by atoms with Crippen molar-refractivity contribution >= 4 is 16.8 Å².